The fraction of sp³-hybridized carbons (Fsp3) is 0.269. The van der Waals surface area contributed by atoms with Crippen molar-refractivity contribution >= 4 is 33.3 Å². The molecule has 5 rings (SSSR count). The standard InChI is InChI=1S/C26H26BrN5O3/c1-17(35-19-7-3-2-4-8-19)26(34)31-13-11-18(12-14-31)29-24-15-22(20-9-5-6-10-23(20)33)30-25-21(27)16-28-32(24)25/h2-10,15-18,29,33H,11-14H2,1H3. The van der Waals surface area contributed by atoms with Crippen molar-refractivity contribution in [2.75, 3.05) is 18.4 Å². The number of phenols is 1. The van der Waals surface area contributed by atoms with Crippen LogP contribution in [0.25, 0.3) is 16.9 Å². The molecule has 0 spiro atoms. The summed E-state index contributed by atoms with van der Waals surface area (Å²) >= 11 is 3.52. The number of ether oxygens (including phenoxy) is 1. The van der Waals surface area contributed by atoms with Gasteiger partial charge in [0.2, 0.25) is 0 Å². The van der Waals surface area contributed by atoms with Crippen molar-refractivity contribution in [1.29, 1.82) is 0 Å². The van der Waals surface area contributed by atoms with Crippen molar-refractivity contribution < 1.29 is 14.6 Å². The Kier molecular flexibility index (Phi) is 6.59. The minimum atomic E-state index is -0.538. The van der Waals surface area contributed by atoms with Gasteiger partial charge in [0.1, 0.15) is 17.3 Å². The number of carbonyl (C=O) groups excluding carboxylic acids is 1. The van der Waals surface area contributed by atoms with Gasteiger partial charge in [0, 0.05) is 30.8 Å². The Hall–Kier alpha value is -3.59. The fourth-order valence-electron chi connectivity index (χ4n) is 4.33. The van der Waals surface area contributed by atoms with E-state index in [9.17, 15) is 9.90 Å². The summed E-state index contributed by atoms with van der Waals surface area (Å²) in [4.78, 5) is 19.5. The number of aromatic nitrogens is 3. The van der Waals surface area contributed by atoms with Crippen LogP contribution in [-0.4, -0.2) is 55.7 Å². The Morgan fingerprint density at radius 2 is 1.86 bits per heavy atom. The third-order valence-electron chi connectivity index (χ3n) is 6.17. The van der Waals surface area contributed by atoms with Crippen LogP contribution in [0, 0.1) is 0 Å². The molecule has 1 aliphatic heterocycles. The van der Waals surface area contributed by atoms with Gasteiger partial charge < -0.3 is 20.1 Å². The highest BCUT2D eigenvalue weighted by atomic mass is 79.9. The van der Waals surface area contributed by atoms with Crippen LogP contribution < -0.4 is 10.1 Å². The highest BCUT2D eigenvalue weighted by Crippen LogP contribution is 2.31. The zero-order valence-electron chi connectivity index (χ0n) is 19.3. The van der Waals surface area contributed by atoms with E-state index in [-0.39, 0.29) is 17.7 Å². The number of likely N-dealkylation sites (tertiary alicyclic amines) is 1. The van der Waals surface area contributed by atoms with Crippen molar-refractivity contribution in [3.8, 4) is 22.8 Å². The third kappa shape index (κ3) is 4.95. The molecule has 1 unspecified atom stereocenters. The first-order valence-electron chi connectivity index (χ1n) is 11.6. The molecule has 1 fully saturated rings. The van der Waals surface area contributed by atoms with E-state index in [1.54, 1.807) is 29.8 Å². The molecule has 0 aliphatic carbocycles. The molecule has 1 amide bonds. The van der Waals surface area contributed by atoms with Crippen molar-refractivity contribution in [1.82, 2.24) is 19.5 Å². The third-order valence-corrected chi connectivity index (χ3v) is 6.73. The summed E-state index contributed by atoms with van der Waals surface area (Å²) in [5.41, 5.74) is 1.96. The van der Waals surface area contributed by atoms with E-state index in [4.69, 9.17) is 9.72 Å². The van der Waals surface area contributed by atoms with Gasteiger partial charge in [0.05, 0.1) is 16.4 Å². The number of para-hydroxylation sites is 2. The van der Waals surface area contributed by atoms with Gasteiger partial charge in [-0.3, -0.25) is 4.79 Å². The Morgan fingerprint density at radius 1 is 1.14 bits per heavy atom. The molecular formula is C26H26BrN5O3. The molecule has 8 nitrogen and oxygen atoms in total. The maximum Gasteiger partial charge on any atom is 0.263 e. The van der Waals surface area contributed by atoms with Gasteiger partial charge in [-0.2, -0.15) is 9.61 Å². The second-order valence-corrected chi connectivity index (χ2v) is 9.44. The number of piperidine rings is 1. The summed E-state index contributed by atoms with van der Waals surface area (Å²) in [6.45, 7) is 3.08. The predicted octanol–water partition coefficient (Wildman–Crippen LogP) is 4.73. The number of benzene rings is 2. The van der Waals surface area contributed by atoms with Crippen LogP contribution in [0.2, 0.25) is 0 Å². The number of phenolic OH excluding ortho intramolecular Hbond substituents is 1. The number of nitrogens with one attached hydrogen (secondary N) is 1. The average molecular weight is 536 g/mol. The molecular weight excluding hydrogens is 510 g/mol. The Morgan fingerprint density at radius 3 is 2.60 bits per heavy atom. The summed E-state index contributed by atoms with van der Waals surface area (Å²) in [5, 5.41) is 18.4. The number of hydrogen-bond acceptors (Lipinski definition) is 6. The van der Waals surface area contributed by atoms with Crippen LogP contribution in [0.3, 0.4) is 0 Å². The van der Waals surface area contributed by atoms with E-state index in [0.29, 0.717) is 35.7 Å². The summed E-state index contributed by atoms with van der Waals surface area (Å²) in [6.07, 6.45) is 2.76. The lowest BCUT2D eigenvalue weighted by Crippen LogP contribution is -2.47. The number of halogens is 1. The number of rotatable bonds is 6. The molecule has 2 aromatic carbocycles. The molecule has 0 radical (unpaired) electrons. The fourth-order valence-corrected chi connectivity index (χ4v) is 4.68. The molecule has 0 saturated carbocycles. The Labute approximate surface area is 211 Å². The van der Waals surface area contributed by atoms with Gasteiger partial charge in [0.25, 0.3) is 5.91 Å². The molecule has 1 atom stereocenters. The first kappa shape index (κ1) is 23.2. The zero-order valence-corrected chi connectivity index (χ0v) is 20.9. The SMILES string of the molecule is CC(Oc1ccccc1)C(=O)N1CCC(Nc2cc(-c3ccccc3O)nc3c(Br)cnn23)CC1. The summed E-state index contributed by atoms with van der Waals surface area (Å²) in [5.74, 6) is 1.64. The van der Waals surface area contributed by atoms with E-state index in [2.05, 4.69) is 26.3 Å². The molecule has 180 valence electrons. The molecule has 2 aromatic heterocycles. The first-order chi connectivity index (χ1) is 17.0. The number of amides is 1. The molecule has 0 bridgehead atoms. The molecule has 35 heavy (non-hydrogen) atoms. The van der Waals surface area contributed by atoms with E-state index < -0.39 is 6.10 Å². The van der Waals surface area contributed by atoms with Gasteiger partial charge in [0.15, 0.2) is 11.8 Å². The lowest BCUT2D eigenvalue weighted by molar-refractivity contribution is -0.138. The Balaban J connectivity index is 1.28. The minimum absolute atomic E-state index is 0.00329. The number of carbonyl (C=O) groups is 1. The van der Waals surface area contributed by atoms with E-state index in [1.165, 1.54) is 0 Å². The lowest BCUT2D eigenvalue weighted by Gasteiger charge is -2.34. The van der Waals surface area contributed by atoms with Crippen molar-refractivity contribution in [2.24, 2.45) is 0 Å². The van der Waals surface area contributed by atoms with Gasteiger partial charge in [-0.1, -0.05) is 30.3 Å². The van der Waals surface area contributed by atoms with Crippen LogP contribution in [0.1, 0.15) is 19.8 Å². The number of hydrogen-bond donors (Lipinski definition) is 2. The molecule has 9 heteroatoms. The van der Waals surface area contributed by atoms with Crippen LogP contribution in [0.15, 0.2) is 71.3 Å². The summed E-state index contributed by atoms with van der Waals surface area (Å²) < 4.78 is 8.34. The smallest absolute Gasteiger partial charge is 0.263 e. The molecule has 2 N–H and O–H groups in total. The van der Waals surface area contributed by atoms with Crippen LogP contribution in [0.4, 0.5) is 5.82 Å². The first-order valence-corrected chi connectivity index (χ1v) is 12.4. The molecule has 1 saturated heterocycles. The topological polar surface area (TPSA) is 92.0 Å². The maximum absolute atomic E-state index is 12.9. The van der Waals surface area contributed by atoms with Crippen molar-refractivity contribution in [2.45, 2.75) is 31.9 Å². The second kappa shape index (κ2) is 9.95. The van der Waals surface area contributed by atoms with Crippen molar-refractivity contribution in [3.05, 3.63) is 71.3 Å². The second-order valence-electron chi connectivity index (χ2n) is 8.59. The van der Waals surface area contributed by atoms with Crippen LogP contribution in [0.5, 0.6) is 11.5 Å². The van der Waals surface area contributed by atoms with Gasteiger partial charge in [-0.15, -0.1) is 0 Å². The minimum Gasteiger partial charge on any atom is -0.507 e. The summed E-state index contributed by atoms with van der Waals surface area (Å²) in [7, 11) is 0. The molecule has 3 heterocycles. The number of aromatic hydroxyl groups is 1. The highest BCUT2D eigenvalue weighted by molar-refractivity contribution is 9.10. The number of fused-ring (bicyclic) bond motifs is 1. The quantitative estimate of drug-likeness (QED) is 0.370. The number of nitrogens with zero attached hydrogens (tertiary/aromatic N) is 4. The molecule has 4 aromatic rings. The van der Waals surface area contributed by atoms with Crippen molar-refractivity contribution in [3.63, 3.8) is 0 Å². The molecule has 1 aliphatic rings. The van der Waals surface area contributed by atoms with Gasteiger partial charge >= 0.3 is 0 Å². The zero-order chi connectivity index (χ0) is 24.4. The largest absolute Gasteiger partial charge is 0.507 e. The van der Waals surface area contributed by atoms with Crippen LogP contribution in [-0.2, 0) is 4.79 Å². The average Bonchev–Trinajstić information content (AvgIpc) is 3.26. The monoisotopic (exact) mass is 535 g/mol. The predicted molar refractivity (Wildman–Crippen MR) is 138 cm³/mol. The van der Waals surface area contributed by atoms with E-state index in [1.807, 2.05) is 53.4 Å². The van der Waals surface area contributed by atoms with E-state index in [0.717, 1.165) is 23.1 Å². The van der Waals surface area contributed by atoms with Crippen LogP contribution >= 0.6 is 15.9 Å². The number of anilines is 1. The Bertz CT molecular complexity index is 1340. The summed E-state index contributed by atoms with van der Waals surface area (Å²) in [6, 6.07) is 18.6. The van der Waals surface area contributed by atoms with Gasteiger partial charge in [-0.25, -0.2) is 4.98 Å². The van der Waals surface area contributed by atoms with E-state index >= 15 is 0 Å². The highest BCUT2D eigenvalue weighted by Gasteiger charge is 2.27. The van der Waals surface area contributed by atoms with Gasteiger partial charge in [-0.05, 0) is 60.0 Å². The normalized spacial score (nSPS) is 15.2. The lowest BCUT2D eigenvalue weighted by atomic mass is 10.0. The maximum atomic E-state index is 12.9.